The zero-order chi connectivity index (χ0) is 13.2. The van der Waals surface area contributed by atoms with Gasteiger partial charge < -0.3 is 10.2 Å². The molecule has 0 spiro atoms. The van der Waals surface area contributed by atoms with E-state index in [4.69, 9.17) is 0 Å². The van der Waals surface area contributed by atoms with Crippen molar-refractivity contribution in [1.82, 2.24) is 10.2 Å². The summed E-state index contributed by atoms with van der Waals surface area (Å²) in [4.78, 5) is 2.73. The molecule has 1 aromatic rings. The van der Waals surface area contributed by atoms with E-state index in [2.05, 4.69) is 48.5 Å². The smallest absolute Gasteiger partial charge is 0.0329 e. The molecule has 1 heterocycles. The molecule has 1 saturated heterocycles. The predicted octanol–water partition coefficient (Wildman–Crippen LogP) is 3.13. The molecule has 0 aromatic heterocycles. The minimum absolute atomic E-state index is 0.500. The third kappa shape index (κ3) is 2.85. The van der Waals surface area contributed by atoms with Gasteiger partial charge in [-0.05, 0) is 51.1 Å². The fourth-order valence-electron chi connectivity index (χ4n) is 3.87. The van der Waals surface area contributed by atoms with Crippen LogP contribution in [0.4, 0.5) is 0 Å². The monoisotopic (exact) mass is 258 g/mol. The van der Waals surface area contributed by atoms with Crippen LogP contribution in [0, 0.1) is 12.8 Å². The van der Waals surface area contributed by atoms with Gasteiger partial charge in [0.15, 0.2) is 0 Å². The number of piperidine rings is 1. The lowest BCUT2D eigenvalue weighted by molar-refractivity contribution is 0.203. The average Bonchev–Trinajstić information content (AvgIpc) is 3.04. The van der Waals surface area contributed by atoms with Crippen LogP contribution in [0.15, 0.2) is 24.3 Å². The topological polar surface area (TPSA) is 15.3 Å². The number of nitrogens with one attached hydrogen (secondary N) is 1. The van der Waals surface area contributed by atoms with Crippen molar-refractivity contribution >= 4 is 0 Å². The summed E-state index contributed by atoms with van der Waals surface area (Å²) in [6.45, 7) is 4.76. The second-order valence-corrected chi connectivity index (χ2v) is 6.37. The lowest BCUT2D eigenvalue weighted by Gasteiger charge is -2.28. The van der Waals surface area contributed by atoms with E-state index in [1.165, 1.54) is 49.9 Å². The zero-order valence-corrected chi connectivity index (χ0v) is 12.2. The first-order valence-corrected chi connectivity index (χ1v) is 7.74. The quantitative estimate of drug-likeness (QED) is 0.873. The highest BCUT2D eigenvalue weighted by atomic mass is 15.2. The van der Waals surface area contributed by atoms with Crippen molar-refractivity contribution in [1.29, 1.82) is 0 Å². The standard InChI is InChI=1S/C17H26N2/c1-13-3-6-15(7-4-13)17(18-2)9-10-19-12-14-5-8-16(19)11-14/h3-4,6-7,14,16-18H,5,8-12H2,1-2H3. The molecule has 2 bridgehead atoms. The average molecular weight is 258 g/mol. The number of hydrogen-bond donors (Lipinski definition) is 1. The molecule has 3 rings (SSSR count). The summed E-state index contributed by atoms with van der Waals surface area (Å²) < 4.78 is 0. The number of likely N-dealkylation sites (tertiary alicyclic amines) is 1. The van der Waals surface area contributed by atoms with Crippen molar-refractivity contribution in [2.75, 3.05) is 20.1 Å². The molecule has 1 aliphatic carbocycles. The Morgan fingerprint density at radius 2 is 2.05 bits per heavy atom. The summed E-state index contributed by atoms with van der Waals surface area (Å²) in [7, 11) is 2.08. The van der Waals surface area contributed by atoms with Gasteiger partial charge in [-0.25, -0.2) is 0 Å². The van der Waals surface area contributed by atoms with Gasteiger partial charge in [0.25, 0.3) is 0 Å². The van der Waals surface area contributed by atoms with E-state index in [9.17, 15) is 0 Å². The highest BCUT2D eigenvalue weighted by Gasteiger charge is 2.37. The molecule has 2 fully saturated rings. The lowest BCUT2D eigenvalue weighted by Crippen LogP contribution is -2.34. The Labute approximate surface area is 117 Å². The summed E-state index contributed by atoms with van der Waals surface area (Å²) >= 11 is 0. The van der Waals surface area contributed by atoms with E-state index in [1.807, 2.05) is 0 Å². The normalized spacial score (nSPS) is 27.9. The Bertz CT molecular complexity index is 412. The van der Waals surface area contributed by atoms with Gasteiger partial charge in [-0.3, -0.25) is 0 Å². The summed E-state index contributed by atoms with van der Waals surface area (Å²) in [6, 6.07) is 10.4. The van der Waals surface area contributed by atoms with Gasteiger partial charge >= 0.3 is 0 Å². The van der Waals surface area contributed by atoms with E-state index in [0.29, 0.717) is 6.04 Å². The number of fused-ring (bicyclic) bond motifs is 2. The van der Waals surface area contributed by atoms with Crippen LogP contribution in [0.25, 0.3) is 0 Å². The first-order valence-electron chi connectivity index (χ1n) is 7.74. The lowest BCUT2D eigenvalue weighted by atomic mass is 10.0. The van der Waals surface area contributed by atoms with Gasteiger partial charge in [-0.1, -0.05) is 29.8 Å². The maximum absolute atomic E-state index is 3.48. The van der Waals surface area contributed by atoms with Crippen LogP contribution >= 0.6 is 0 Å². The van der Waals surface area contributed by atoms with Gasteiger partial charge in [-0.15, -0.1) is 0 Å². The van der Waals surface area contributed by atoms with Crippen molar-refractivity contribution < 1.29 is 0 Å². The molecule has 2 aliphatic rings. The van der Waals surface area contributed by atoms with Crippen LogP contribution in [0.1, 0.15) is 42.9 Å². The van der Waals surface area contributed by atoms with E-state index in [-0.39, 0.29) is 0 Å². The Balaban J connectivity index is 1.56. The molecule has 3 unspecified atom stereocenters. The van der Waals surface area contributed by atoms with Crippen molar-refractivity contribution in [3.8, 4) is 0 Å². The number of benzene rings is 1. The second-order valence-electron chi connectivity index (χ2n) is 6.37. The Kier molecular flexibility index (Phi) is 3.90. The minimum atomic E-state index is 0.500. The molecule has 1 N–H and O–H groups in total. The Hall–Kier alpha value is -0.860. The highest BCUT2D eigenvalue weighted by molar-refractivity contribution is 5.24. The molecule has 3 atom stereocenters. The number of nitrogens with zero attached hydrogens (tertiary/aromatic N) is 1. The van der Waals surface area contributed by atoms with E-state index >= 15 is 0 Å². The fraction of sp³-hybridized carbons (Fsp3) is 0.647. The third-order valence-electron chi connectivity index (χ3n) is 5.06. The van der Waals surface area contributed by atoms with Crippen LogP contribution in [0.5, 0.6) is 0 Å². The number of hydrogen-bond acceptors (Lipinski definition) is 2. The molecule has 1 saturated carbocycles. The Morgan fingerprint density at radius 1 is 1.26 bits per heavy atom. The van der Waals surface area contributed by atoms with Crippen molar-refractivity contribution in [2.45, 2.75) is 44.7 Å². The maximum atomic E-state index is 3.48. The molecular formula is C17H26N2. The predicted molar refractivity (Wildman–Crippen MR) is 80.3 cm³/mol. The van der Waals surface area contributed by atoms with E-state index < -0.39 is 0 Å². The van der Waals surface area contributed by atoms with E-state index in [1.54, 1.807) is 0 Å². The second kappa shape index (κ2) is 5.64. The molecule has 0 radical (unpaired) electrons. The molecular weight excluding hydrogens is 232 g/mol. The van der Waals surface area contributed by atoms with Gasteiger partial charge in [0.2, 0.25) is 0 Å². The van der Waals surface area contributed by atoms with Crippen LogP contribution in [-0.4, -0.2) is 31.1 Å². The highest BCUT2D eigenvalue weighted by Crippen LogP contribution is 2.37. The third-order valence-corrected chi connectivity index (χ3v) is 5.06. The first-order chi connectivity index (χ1) is 9.26. The van der Waals surface area contributed by atoms with Crippen molar-refractivity contribution in [2.24, 2.45) is 5.92 Å². The fourth-order valence-corrected chi connectivity index (χ4v) is 3.87. The van der Waals surface area contributed by atoms with Gasteiger partial charge in [-0.2, -0.15) is 0 Å². The van der Waals surface area contributed by atoms with Gasteiger partial charge in [0.05, 0.1) is 0 Å². The molecule has 2 heteroatoms. The zero-order valence-electron chi connectivity index (χ0n) is 12.2. The van der Waals surface area contributed by atoms with Crippen LogP contribution < -0.4 is 5.32 Å². The molecule has 104 valence electrons. The van der Waals surface area contributed by atoms with Crippen LogP contribution in [0.3, 0.4) is 0 Å². The van der Waals surface area contributed by atoms with Crippen molar-refractivity contribution in [3.05, 3.63) is 35.4 Å². The Morgan fingerprint density at radius 3 is 2.63 bits per heavy atom. The largest absolute Gasteiger partial charge is 0.313 e. The molecule has 2 nitrogen and oxygen atoms in total. The number of aryl methyl sites for hydroxylation is 1. The van der Waals surface area contributed by atoms with Gasteiger partial charge in [0.1, 0.15) is 0 Å². The van der Waals surface area contributed by atoms with Crippen molar-refractivity contribution in [3.63, 3.8) is 0 Å². The maximum Gasteiger partial charge on any atom is 0.0329 e. The molecule has 19 heavy (non-hydrogen) atoms. The van der Waals surface area contributed by atoms with Gasteiger partial charge in [0, 0.05) is 25.2 Å². The SMILES string of the molecule is CNC(CCN1CC2CCC1C2)c1ccc(C)cc1. The summed E-state index contributed by atoms with van der Waals surface area (Å²) in [5.74, 6) is 1.01. The summed E-state index contributed by atoms with van der Waals surface area (Å²) in [6.07, 6.45) is 5.62. The summed E-state index contributed by atoms with van der Waals surface area (Å²) in [5.41, 5.74) is 2.77. The molecule has 1 aromatic carbocycles. The molecule has 0 amide bonds. The van der Waals surface area contributed by atoms with Crippen LogP contribution in [0.2, 0.25) is 0 Å². The molecule has 1 aliphatic heterocycles. The number of rotatable bonds is 5. The minimum Gasteiger partial charge on any atom is -0.313 e. The summed E-state index contributed by atoms with van der Waals surface area (Å²) in [5, 5.41) is 3.48. The van der Waals surface area contributed by atoms with E-state index in [0.717, 1.165) is 12.0 Å². The van der Waals surface area contributed by atoms with Crippen LogP contribution in [-0.2, 0) is 0 Å². The first kappa shape index (κ1) is 13.1.